The minimum Gasteiger partial charge on any atom is -0.393 e. The van der Waals surface area contributed by atoms with Gasteiger partial charge in [0, 0.05) is 18.3 Å². The van der Waals surface area contributed by atoms with Crippen LogP contribution in [0.5, 0.6) is 0 Å². The Kier molecular flexibility index (Phi) is 3.99. The third-order valence-corrected chi connectivity index (χ3v) is 2.08. The second-order valence-electron chi connectivity index (χ2n) is 3.88. The summed E-state index contributed by atoms with van der Waals surface area (Å²) in [5, 5.41) is 21.4. The van der Waals surface area contributed by atoms with Gasteiger partial charge >= 0.3 is 0 Å². The van der Waals surface area contributed by atoms with E-state index < -0.39 is 5.60 Å². The van der Waals surface area contributed by atoms with Crippen LogP contribution in [0.3, 0.4) is 0 Å². The molecule has 0 bridgehead atoms. The molecule has 90 valence electrons. The number of aliphatic hydroxyl groups excluding tert-OH is 1. The topological polar surface area (TPSA) is 116 Å². The lowest BCUT2D eigenvalue weighted by Crippen LogP contribution is -2.37. The number of aromatic nitrogens is 2. The largest absolute Gasteiger partial charge is 0.393 e. The van der Waals surface area contributed by atoms with E-state index in [4.69, 9.17) is 10.9 Å². The maximum Gasteiger partial charge on any atom is 0.239 e. The van der Waals surface area contributed by atoms with Crippen LogP contribution in [0.1, 0.15) is 12.5 Å². The molecule has 0 radical (unpaired) electrons. The molecule has 0 aliphatic carbocycles. The standard InChI is InChI=1S/C9H17N5O2/c1-6-3-11-8(14-10)13-7(6)12-4-9(2,16)5-15/h3,15-16H,4-5,10H2,1-2H3,(H2,11,12,13,14). The van der Waals surface area contributed by atoms with Crippen LogP contribution in [-0.4, -0.2) is 38.9 Å². The number of hydrazine groups is 1. The lowest BCUT2D eigenvalue weighted by molar-refractivity contribution is 0.0131. The molecule has 7 nitrogen and oxygen atoms in total. The summed E-state index contributed by atoms with van der Waals surface area (Å²) in [6.07, 6.45) is 1.61. The molecule has 6 N–H and O–H groups in total. The van der Waals surface area contributed by atoms with Crippen LogP contribution in [0.15, 0.2) is 6.20 Å². The highest BCUT2D eigenvalue weighted by Crippen LogP contribution is 2.13. The van der Waals surface area contributed by atoms with Crippen molar-refractivity contribution in [3.05, 3.63) is 11.8 Å². The summed E-state index contributed by atoms with van der Waals surface area (Å²) < 4.78 is 0. The van der Waals surface area contributed by atoms with E-state index in [1.807, 2.05) is 6.92 Å². The van der Waals surface area contributed by atoms with Crippen LogP contribution >= 0.6 is 0 Å². The lowest BCUT2D eigenvalue weighted by Gasteiger charge is -2.21. The molecule has 0 spiro atoms. The second-order valence-corrected chi connectivity index (χ2v) is 3.88. The van der Waals surface area contributed by atoms with Crippen molar-refractivity contribution in [1.82, 2.24) is 9.97 Å². The Labute approximate surface area is 93.7 Å². The fourth-order valence-corrected chi connectivity index (χ4v) is 1.02. The molecule has 16 heavy (non-hydrogen) atoms. The minimum atomic E-state index is -1.19. The van der Waals surface area contributed by atoms with E-state index in [-0.39, 0.29) is 19.1 Å². The average molecular weight is 227 g/mol. The van der Waals surface area contributed by atoms with Crippen LogP contribution in [0.25, 0.3) is 0 Å². The van der Waals surface area contributed by atoms with E-state index in [1.54, 1.807) is 6.20 Å². The molecule has 0 fully saturated rings. The predicted molar refractivity (Wildman–Crippen MR) is 60.8 cm³/mol. The highest BCUT2D eigenvalue weighted by atomic mass is 16.3. The summed E-state index contributed by atoms with van der Waals surface area (Å²) in [6.45, 7) is 3.21. The molecule has 0 aliphatic heterocycles. The Balaban J connectivity index is 2.73. The van der Waals surface area contributed by atoms with Crippen molar-refractivity contribution in [3.8, 4) is 0 Å². The van der Waals surface area contributed by atoms with Crippen molar-refractivity contribution in [3.63, 3.8) is 0 Å². The molecule has 1 aromatic rings. The first-order valence-corrected chi connectivity index (χ1v) is 4.86. The maximum atomic E-state index is 9.61. The predicted octanol–water partition coefficient (Wildman–Crippen LogP) is -0.774. The molecule has 1 rings (SSSR count). The number of nitrogens with one attached hydrogen (secondary N) is 2. The first-order valence-electron chi connectivity index (χ1n) is 4.86. The monoisotopic (exact) mass is 227 g/mol. The quantitative estimate of drug-likeness (QED) is 0.331. The van der Waals surface area contributed by atoms with Gasteiger partial charge in [-0.3, -0.25) is 5.43 Å². The summed E-state index contributed by atoms with van der Waals surface area (Å²) in [5.74, 6) is 6.04. The number of rotatable bonds is 5. The highest BCUT2D eigenvalue weighted by molar-refractivity contribution is 5.46. The molecule has 1 atom stereocenters. The van der Waals surface area contributed by atoms with Crippen LogP contribution in [0.4, 0.5) is 11.8 Å². The van der Waals surface area contributed by atoms with Crippen molar-refractivity contribution < 1.29 is 10.2 Å². The van der Waals surface area contributed by atoms with Gasteiger partial charge in [0.05, 0.1) is 6.61 Å². The van der Waals surface area contributed by atoms with Gasteiger partial charge in [0.1, 0.15) is 11.4 Å². The van der Waals surface area contributed by atoms with Gasteiger partial charge in [-0.05, 0) is 13.8 Å². The number of aliphatic hydroxyl groups is 2. The first-order chi connectivity index (χ1) is 7.48. The maximum absolute atomic E-state index is 9.61. The molecule has 1 unspecified atom stereocenters. The molecule has 7 heteroatoms. The van der Waals surface area contributed by atoms with E-state index in [1.165, 1.54) is 6.92 Å². The second kappa shape index (κ2) is 5.06. The van der Waals surface area contributed by atoms with Gasteiger partial charge in [0.15, 0.2) is 0 Å². The van der Waals surface area contributed by atoms with E-state index in [9.17, 15) is 5.11 Å². The Hall–Kier alpha value is -1.44. The molecule has 0 saturated carbocycles. The highest BCUT2D eigenvalue weighted by Gasteiger charge is 2.19. The SMILES string of the molecule is Cc1cnc(NN)nc1NCC(C)(O)CO. The Morgan fingerprint density at radius 1 is 1.56 bits per heavy atom. The summed E-state index contributed by atoms with van der Waals surface area (Å²) in [6, 6.07) is 0. The lowest BCUT2D eigenvalue weighted by atomic mass is 10.1. The number of nitrogens with two attached hydrogens (primary N) is 1. The Bertz CT molecular complexity index is 356. The van der Waals surface area contributed by atoms with Crippen molar-refractivity contribution in [2.24, 2.45) is 5.84 Å². The van der Waals surface area contributed by atoms with Crippen molar-refractivity contribution in [2.45, 2.75) is 19.4 Å². The van der Waals surface area contributed by atoms with E-state index in [0.29, 0.717) is 5.82 Å². The van der Waals surface area contributed by atoms with Crippen LogP contribution in [-0.2, 0) is 0 Å². The number of hydrogen-bond donors (Lipinski definition) is 5. The number of nitrogens with zero attached hydrogens (tertiary/aromatic N) is 2. The number of aryl methyl sites for hydroxylation is 1. The van der Waals surface area contributed by atoms with Crippen LogP contribution in [0.2, 0.25) is 0 Å². The third kappa shape index (κ3) is 3.30. The summed E-state index contributed by atoms with van der Waals surface area (Å²) >= 11 is 0. The molecule has 0 saturated heterocycles. The number of hydrogen-bond acceptors (Lipinski definition) is 7. The van der Waals surface area contributed by atoms with Crippen molar-refractivity contribution >= 4 is 11.8 Å². The Morgan fingerprint density at radius 3 is 2.81 bits per heavy atom. The summed E-state index contributed by atoms with van der Waals surface area (Å²) in [5.41, 5.74) is 1.97. The minimum absolute atomic E-state index is 0.186. The zero-order valence-corrected chi connectivity index (χ0v) is 9.36. The van der Waals surface area contributed by atoms with Gasteiger partial charge < -0.3 is 15.5 Å². The van der Waals surface area contributed by atoms with Gasteiger partial charge in [0.2, 0.25) is 5.95 Å². The van der Waals surface area contributed by atoms with Crippen LogP contribution < -0.4 is 16.6 Å². The molecule has 1 heterocycles. The Morgan fingerprint density at radius 2 is 2.25 bits per heavy atom. The van der Waals surface area contributed by atoms with Crippen molar-refractivity contribution in [1.29, 1.82) is 0 Å². The van der Waals surface area contributed by atoms with E-state index in [2.05, 4.69) is 20.7 Å². The zero-order chi connectivity index (χ0) is 12.2. The fraction of sp³-hybridized carbons (Fsp3) is 0.556. The van der Waals surface area contributed by atoms with Gasteiger partial charge in [-0.25, -0.2) is 10.8 Å². The molecule has 1 aromatic heterocycles. The third-order valence-electron chi connectivity index (χ3n) is 2.08. The van der Waals surface area contributed by atoms with Crippen molar-refractivity contribution in [2.75, 3.05) is 23.9 Å². The first kappa shape index (κ1) is 12.6. The average Bonchev–Trinajstić information content (AvgIpc) is 2.28. The molecule has 0 aliphatic rings. The molecular weight excluding hydrogens is 210 g/mol. The molecule has 0 amide bonds. The van der Waals surface area contributed by atoms with Gasteiger partial charge in [-0.1, -0.05) is 0 Å². The number of anilines is 2. The zero-order valence-electron chi connectivity index (χ0n) is 9.36. The normalized spacial score (nSPS) is 14.3. The molecule has 0 aromatic carbocycles. The fourth-order valence-electron chi connectivity index (χ4n) is 1.02. The van der Waals surface area contributed by atoms with Gasteiger partial charge in [0.25, 0.3) is 0 Å². The smallest absolute Gasteiger partial charge is 0.239 e. The molecular formula is C9H17N5O2. The van der Waals surface area contributed by atoms with E-state index in [0.717, 1.165) is 5.56 Å². The summed E-state index contributed by atoms with van der Waals surface area (Å²) in [7, 11) is 0. The number of nitrogen functional groups attached to an aromatic ring is 1. The van der Waals surface area contributed by atoms with Gasteiger partial charge in [-0.2, -0.15) is 4.98 Å². The van der Waals surface area contributed by atoms with Crippen LogP contribution in [0, 0.1) is 6.92 Å². The van der Waals surface area contributed by atoms with E-state index >= 15 is 0 Å². The van der Waals surface area contributed by atoms with Gasteiger partial charge in [-0.15, -0.1) is 0 Å². The summed E-state index contributed by atoms with van der Waals surface area (Å²) in [4.78, 5) is 8.00.